The summed E-state index contributed by atoms with van der Waals surface area (Å²) in [7, 11) is 0. The van der Waals surface area contributed by atoms with E-state index < -0.39 is 0 Å². The molecule has 0 bridgehead atoms. The van der Waals surface area contributed by atoms with E-state index in [0.29, 0.717) is 22.2 Å². The first-order chi connectivity index (χ1) is 10.6. The molecule has 0 fully saturated rings. The molecule has 0 atom stereocenters. The number of rotatable bonds is 3. The zero-order valence-corrected chi connectivity index (χ0v) is 12.9. The number of nitrogens with zero attached hydrogens (tertiary/aromatic N) is 4. The zero-order valence-electron chi connectivity index (χ0n) is 12.1. The predicted molar refractivity (Wildman–Crippen MR) is 84.8 cm³/mol. The van der Waals surface area contributed by atoms with Crippen LogP contribution < -0.4 is 5.32 Å². The average Bonchev–Trinajstić information content (AvgIpc) is 2.96. The van der Waals surface area contributed by atoms with Gasteiger partial charge in [0, 0.05) is 18.6 Å². The lowest BCUT2D eigenvalue weighted by atomic mass is 10.2. The lowest BCUT2D eigenvalue weighted by Gasteiger charge is -2.04. The number of carbonyl (C=O) groups is 1. The second-order valence-corrected chi connectivity index (χ2v) is 5.65. The largest absolute Gasteiger partial charge is 0.298 e. The molecule has 1 N–H and O–H groups in total. The van der Waals surface area contributed by atoms with Crippen molar-refractivity contribution in [3.63, 3.8) is 0 Å². The van der Waals surface area contributed by atoms with Crippen LogP contribution in [0.1, 0.15) is 21.9 Å². The number of hydrogen-bond donors (Lipinski definition) is 1. The Hall–Kier alpha value is -2.67. The molecule has 0 saturated carbocycles. The molecular formula is C15H13N5OS. The highest BCUT2D eigenvalue weighted by atomic mass is 32.1. The van der Waals surface area contributed by atoms with Crippen LogP contribution in [0.5, 0.6) is 0 Å². The molecule has 110 valence electrons. The topological polar surface area (TPSA) is 80.7 Å². The van der Waals surface area contributed by atoms with Gasteiger partial charge in [-0.1, -0.05) is 17.4 Å². The number of amides is 1. The molecule has 3 aromatic heterocycles. The molecule has 22 heavy (non-hydrogen) atoms. The summed E-state index contributed by atoms with van der Waals surface area (Å²) in [5, 5.41) is 3.29. The van der Waals surface area contributed by atoms with Crippen molar-refractivity contribution in [1.82, 2.24) is 19.9 Å². The van der Waals surface area contributed by atoms with Gasteiger partial charge < -0.3 is 0 Å². The fourth-order valence-corrected chi connectivity index (χ4v) is 2.72. The molecular weight excluding hydrogens is 298 g/mol. The molecule has 0 unspecified atom stereocenters. The first-order valence-electron chi connectivity index (χ1n) is 6.62. The summed E-state index contributed by atoms with van der Waals surface area (Å²) in [5.74, 6) is 0.375. The number of nitrogens with one attached hydrogen (secondary N) is 1. The molecule has 3 aromatic rings. The van der Waals surface area contributed by atoms with Crippen molar-refractivity contribution in [3.05, 3.63) is 53.9 Å². The zero-order chi connectivity index (χ0) is 15.5. The van der Waals surface area contributed by atoms with E-state index in [2.05, 4.69) is 25.3 Å². The Balaban J connectivity index is 1.79. The van der Waals surface area contributed by atoms with Crippen molar-refractivity contribution in [2.24, 2.45) is 0 Å². The molecule has 0 aliphatic carbocycles. The van der Waals surface area contributed by atoms with Crippen LogP contribution in [-0.4, -0.2) is 25.8 Å². The van der Waals surface area contributed by atoms with Crippen molar-refractivity contribution < 1.29 is 4.79 Å². The van der Waals surface area contributed by atoms with E-state index in [1.807, 2.05) is 18.2 Å². The van der Waals surface area contributed by atoms with Gasteiger partial charge >= 0.3 is 0 Å². The monoisotopic (exact) mass is 311 g/mol. The number of aromatic nitrogens is 4. The third kappa shape index (κ3) is 2.99. The Bertz CT molecular complexity index is 816. The molecule has 6 nitrogen and oxygen atoms in total. The number of pyridine rings is 1. The fraction of sp³-hybridized carbons (Fsp3) is 0.133. The number of carbonyl (C=O) groups excluding carboxylic acids is 1. The molecule has 3 heterocycles. The molecule has 3 rings (SSSR count). The van der Waals surface area contributed by atoms with Crippen LogP contribution in [-0.2, 0) is 0 Å². The first kappa shape index (κ1) is 14.3. The third-order valence-electron chi connectivity index (χ3n) is 2.99. The Morgan fingerprint density at radius 3 is 2.73 bits per heavy atom. The van der Waals surface area contributed by atoms with E-state index in [9.17, 15) is 4.79 Å². The minimum absolute atomic E-state index is 0.264. The van der Waals surface area contributed by atoms with Gasteiger partial charge in [-0.05, 0) is 26.0 Å². The molecule has 1 amide bonds. The van der Waals surface area contributed by atoms with Gasteiger partial charge in [0.1, 0.15) is 5.82 Å². The summed E-state index contributed by atoms with van der Waals surface area (Å²) in [5.41, 5.74) is 1.92. The van der Waals surface area contributed by atoms with Gasteiger partial charge in [-0.3, -0.25) is 15.1 Å². The molecule has 7 heteroatoms. The van der Waals surface area contributed by atoms with Gasteiger partial charge in [-0.2, -0.15) is 0 Å². The number of aryl methyl sites for hydroxylation is 2. The molecule has 0 saturated heterocycles. The van der Waals surface area contributed by atoms with Crippen molar-refractivity contribution in [1.29, 1.82) is 0 Å². The number of anilines is 1. The molecule has 0 aromatic carbocycles. The number of hydrogen-bond acceptors (Lipinski definition) is 6. The maximum Gasteiger partial charge on any atom is 0.260 e. The van der Waals surface area contributed by atoms with E-state index in [4.69, 9.17) is 0 Å². The second-order valence-electron chi connectivity index (χ2n) is 4.62. The normalized spacial score (nSPS) is 10.5. The van der Waals surface area contributed by atoms with Crippen molar-refractivity contribution >= 4 is 22.4 Å². The van der Waals surface area contributed by atoms with Crippen molar-refractivity contribution in [2.75, 3.05) is 5.32 Å². The minimum Gasteiger partial charge on any atom is -0.298 e. The summed E-state index contributed by atoms with van der Waals surface area (Å²) in [4.78, 5) is 29.9. The van der Waals surface area contributed by atoms with Gasteiger partial charge in [0.15, 0.2) is 5.13 Å². The Morgan fingerprint density at radius 2 is 2.00 bits per heavy atom. The summed E-state index contributed by atoms with van der Waals surface area (Å²) in [6.07, 6.45) is 4.95. The van der Waals surface area contributed by atoms with Crippen LogP contribution in [0.2, 0.25) is 0 Å². The number of thiazole rings is 1. The molecule has 0 radical (unpaired) electrons. The maximum absolute atomic E-state index is 12.3. The van der Waals surface area contributed by atoms with E-state index in [0.717, 1.165) is 10.6 Å². The van der Waals surface area contributed by atoms with Crippen LogP contribution in [0.4, 0.5) is 5.13 Å². The van der Waals surface area contributed by atoms with E-state index in [1.165, 1.54) is 17.5 Å². The predicted octanol–water partition coefficient (Wildman–Crippen LogP) is 2.86. The van der Waals surface area contributed by atoms with Crippen LogP contribution in [0, 0.1) is 13.8 Å². The Morgan fingerprint density at radius 1 is 1.14 bits per heavy atom. The molecule has 0 aliphatic rings. The van der Waals surface area contributed by atoms with Crippen LogP contribution in [0.15, 0.2) is 36.8 Å². The highest BCUT2D eigenvalue weighted by molar-refractivity contribution is 7.19. The van der Waals surface area contributed by atoms with Gasteiger partial charge in [0.05, 0.1) is 21.8 Å². The average molecular weight is 311 g/mol. The van der Waals surface area contributed by atoms with Gasteiger partial charge in [0.2, 0.25) is 0 Å². The maximum atomic E-state index is 12.3. The van der Waals surface area contributed by atoms with Gasteiger partial charge in [0.25, 0.3) is 5.91 Å². The van der Waals surface area contributed by atoms with Crippen molar-refractivity contribution in [3.8, 4) is 10.6 Å². The standard InChI is InChI=1S/C15H13N5OS/c1-9-11(7-17-10(2)19-9)14(21)20-15-18-8-13(22-15)12-5-3-4-6-16-12/h3-8H,1-2H3,(H,18,20,21). The van der Waals surface area contributed by atoms with E-state index in [1.54, 1.807) is 26.2 Å². The van der Waals surface area contributed by atoms with E-state index >= 15 is 0 Å². The summed E-state index contributed by atoms with van der Waals surface area (Å²) in [6, 6.07) is 5.66. The quantitative estimate of drug-likeness (QED) is 0.804. The first-order valence-corrected chi connectivity index (χ1v) is 7.44. The van der Waals surface area contributed by atoms with Crippen LogP contribution >= 0.6 is 11.3 Å². The second kappa shape index (κ2) is 5.98. The lowest BCUT2D eigenvalue weighted by Crippen LogP contribution is -2.14. The minimum atomic E-state index is -0.264. The smallest absolute Gasteiger partial charge is 0.260 e. The van der Waals surface area contributed by atoms with E-state index in [-0.39, 0.29) is 5.91 Å². The highest BCUT2D eigenvalue weighted by Crippen LogP contribution is 2.27. The summed E-state index contributed by atoms with van der Waals surface area (Å²) in [6.45, 7) is 3.57. The lowest BCUT2D eigenvalue weighted by molar-refractivity contribution is 0.102. The SMILES string of the molecule is Cc1ncc(C(=O)Nc2ncc(-c3ccccn3)s2)c(C)n1. The van der Waals surface area contributed by atoms with Gasteiger partial charge in [-0.15, -0.1) is 0 Å². The molecule has 0 spiro atoms. The van der Waals surface area contributed by atoms with Crippen molar-refractivity contribution in [2.45, 2.75) is 13.8 Å². The highest BCUT2D eigenvalue weighted by Gasteiger charge is 2.13. The van der Waals surface area contributed by atoms with Crippen LogP contribution in [0.25, 0.3) is 10.6 Å². The fourth-order valence-electron chi connectivity index (χ4n) is 1.93. The molecule has 0 aliphatic heterocycles. The Labute approximate surface area is 131 Å². The Kier molecular flexibility index (Phi) is 3.88. The van der Waals surface area contributed by atoms with Gasteiger partial charge in [-0.25, -0.2) is 15.0 Å². The summed E-state index contributed by atoms with van der Waals surface area (Å²) >= 11 is 1.37. The third-order valence-corrected chi connectivity index (χ3v) is 3.92. The van der Waals surface area contributed by atoms with Crippen LogP contribution in [0.3, 0.4) is 0 Å². The summed E-state index contributed by atoms with van der Waals surface area (Å²) < 4.78 is 0.